The van der Waals surface area contributed by atoms with E-state index in [1.807, 2.05) is 13.0 Å². The van der Waals surface area contributed by atoms with Gasteiger partial charge in [0, 0.05) is 13.6 Å². The molecule has 1 aliphatic heterocycles. The van der Waals surface area contributed by atoms with E-state index < -0.39 is 24.1 Å². The van der Waals surface area contributed by atoms with E-state index in [0.29, 0.717) is 29.0 Å². The van der Waals surface area contributed by atoms with Crippen molar-refractivity contribution >= 4 is 17.9 Å². The van der Waals surface area contributed by atoms with Gasteiger partial charge in [-0.2, -0.15) is 5.26 Å². The zero-order valence-electron chi connectivity index (χ0n) is 20.3. The minimum absolute atomic E-state index is 0.0752. The van der Waals surface area contributed by atoms with Gasteiger partial charge in [0.2, 0.25) is 12.7 Å². The zero-order valence-corrected chi connectivity index (χ0v) is 20.3. The molecule has 10 nitrogen and oxygen atoms in total. The van der Waals surface area contributed by atoms with Crippen molar-refractivity contribution in [3.8, 4) is 17.6 Å². The number of hydrogen-bond donors (Lipinski definition) is 3. The highest BCUT2D eigenvalue weighted by Gasteiger charge is 2.26. The summed E-state index contributed by atoms with van der Waals surface area (Å²) >= 11 is 0. The second-order valence-electron chi connectivity index (χ2n) is 8.58. The van der Waals surface area contributed by atoms with Crippen molar-refractivity contribution in [2.24, 2.45) is 0 Å². The van der Waals surface area contributed by atoms with Crippen molar-refractivity contribution in [3.05, 3.63) is 59.2 Å². The first-order chi connectivity index (χ1) is 17.3. The molecule has 0 aromatic heterocycles. The van der Waals surface area contributed by atoms with Gasteiger partial charge in [0.15, 0.2) is 11.5 Å². The van der Waals surface area contributed by atoms with Crippen LogP contribution >= 0.6 is 0 Å². The third kappa shape index (κ3) is 7.12. The van der Waals surface area contributed by atoms with Crippen LogP contribution in [0.5, 0.6) is 11.5 Å². The molecule has 0 saturated heterocycles. The molecule has 2 atom stereocenters. The number of unbranched alkanes of at least 4 members (excludes halogenated alkanes) is 1. The fraction of sp³-hybridized carbons (Fsp3) is 0.385. The molecule has 0 spiro atoms. The van der Waals surface area contributed by atoms with Crippen molar-refractivity contribution in [2.45, 2.75) is 51.2 Å². The highest BCUT2D eigenvalue weighted by Crippen LogP contribution is 2.34. The lowest BCUT2D eigenvalue weighted by Gasteiger charge is -2.26. The lowest BCUT2D eigenvalue weighted by atomic mass is 10.0. The Morgan fingerprint density at radius 3 is 2.64 bits per heavy atom. The fourth-order valence-electron chi connectivity index (χ4n) is 3.94. The summed E-state index contributed by atoms with van der Waals surface area (Å²) < 4.78 is 10.7. The molecular formula is C26H30N4O6. The van der Waals surface area contributed by atoms with Crippen molar-refractivity contribution < 1.29 is 29.0 Å². The molecule has 0 fully saturated rings. The molecule has 1 heterocycles. The van der Waals surface area contributed by atoms with Crippen molar-refractivity contribution in [3.63, 3.8) is 0 Å². The van der Waals surface area contributed by atoms with Gasteiger partial charge >= 0.3 is 12.0 Å². The molecule has 3 rings (SSSR count). The molecule has 0 unspecified atom stereocenters. The van der Waals surface area contributed by atoms with Gasteiger partial charge in [0.1, 0.15) is 6.04 Å². The summed E-state index contributed by atoms with van der Waals surface area (Å²) in [5, 5.41) is 23.9. The van der Waals surface area contributed by atoms with E-state index in [2.05, 4.69) is 16.7 Å². The standard InChI is InChI=1S/C26H30N4O6/c1-3-4-8-20(25(33)30(2)15-18-7-5-6-17(11-18)14-27)28-26(34)29-21(13-24(31)32)19-9-10-22-23(12-19)36-16-35-22/h5-7,9-12,20-21H,3-4,8,13,15-16H2,1-2H3,(H,31,32)(H2,28,29,34)/t20-,21-/m0/s1. The smallest absolute Gasteiger partial charge is 0.315 e. The van der Waals surface area contributed by atoms with Crippen LogP contribution in [0.25, 0.3) is 0 Å². The molecule has 0 bridgehead atoms. The third-order valence-electron chi connectivity index (χ3n) is 5.78. The van der Waals surface area contributed by atoms with Crippen molar-refractivity contribution in [1.29, 1.82) is 5.26 Å². The number of likely N-dealkylation sites (N-methyl/N-ethyl adjacent to an activating group) is 1. The third-order valence-corrected chi connectivity index (χ3v) is 5.78. The quantitative estimate of drug-likeness (QED) is 0.435. The van der Waals surface area contributed by atoms with Gasteiger partial charge in [-0.05, 0) is 41.8 Å². The molecule has 10 heteroatoms. The van der Waals surface area contributed by atoms with E-state index in [-0.39, 0.29) is 25.7 Å². The monoisotopic (exact) mass is 494 g/mol. The molecular weight excluding hydrogens is 464 g/mol. The Morgan fingerprint density at radius 2 is 1.92 bits per heavy atom. The lowest BCUT2D eigenvalue weighted by Crippen LogP contribution is -2.51. The summed E-state index contributed by atoms with van der Waals surface area (Å²) in [7, 11) is 1.64. The first-order valence-electron chi connectivity index (χ1n) is 11.7. The van der Waals surface area contributed by atoms with Crippen LogP contribution < -0.4 is 20.1 Å². The number of fused-ring (bicyclic) bond motifs is 1. The SMILES string of the molecule is CCCC[C@H](NC(=O)N[C@@H](CC(=O)O)c1ccc2c(c1)OCO2)C(=O)N(C)Cc1cccc(C#N)c1. The number of nitriles is 1. The number of nitrogens with zero attached hydrogens (tertiary/aromatic N) is 2. The molecule has 3 amide bonds. The van der Waals surface area contributed by atoms with Crippen LogP contribution in [0.1, 0.15) is 55.3 Å². The molecule has 0 radical (unpaired) electrons. The van der Waals surface area contributed by atoms with Crippen LogP contribution in [-0.4, -0.2) is 47.8 Å². The van der Waals surface area contributed by atoms with Gasteiger partial charge in [0.05, 0.1) is 24.1 Å². The Balaban J connectivity index is 1.69. The van der Waals surface area contributed by atoms with Gasteiger partial charge < -0.3 is 30.1 Å². The van der Waals surface area contributed by atoms with Crippen LogP contribution in [0.15, 0.2) is 42.5 Å². The number of nitrogens with one attached hydrogen (secondary N) is 2. The van der Waals surface area contributed by atoms with E-state index in [0.717, 1.165) is 18.4 Å². The number of amides is 3. The van der Waals surface area contributed by atoms with E-state index in [9.17, 15) is 19.5 Å². The number of urea groups is 1. The lowest BCUT2D eigenvalue weighted by molar-refractivity contribution is -0.137. The summed E-state index contributed by atoms with van der Waals surface area (Å²) in [5.74, 6) is -0.344. The van der Waals surface area contributed by atoms with Gasteiger partial charge in [-0.3, -0.25) is 9.59 Å². The maximum absolute atomic E-state index is 13.2. The molecule has 2 aromatic carbocycles. The number of carbonyl (C=O) groups is 3. The zero-order chi connectivity index (χ0) is 26.1. The van der Waals surface area contributed by atoms with Crippen LogP contribution in [0.2, 0.25) is 0 Å². The van der Waals surface area contributed by atoms with Crippen LogP contribution in [0.3, 0.4) is 0 Å². The number of aliphatic carboxylic acids is 1. The minimum Gasteiger partial charge on any atom is -0.481 e. The van der Waals surface area contributed by atoms with E-state index in [1.165, 1.54) is 4.90 Å². The van der Waals surface area contributed by atoms with Crippen LogP contribution in [-0.2, 0) is 16.1 Å². The minimum atomic E-state index is -1.09. The Kier molecular flexibility index (Phi) is 9.11. The summed E-state index contributed by atoms with van der Waals surface area (Å²) in [6.07, 6.45) is 1.63. The Hall–Kier alpha value is -4.26. The Bertz CT molecular complexity index is 1150. The first kappa shape index (κ1) is 26.3. The highest BCUT2D eigenvalue weighted by atomic mass is 16.7. The molecule has 0 saturated carbocycles. The molecule has 2 aromatic rings. The second-order valence-corrected chi connectivity index (χ2v) is 8.58. The normalized spacial score (nSPS) is 13.2. The molecule has 36 heavy (non-hydrogen) atoms. The molecule has 1 aliphatic rings. The molecule has 3 N–H and O–H groups in total. The van der Waals surface area contributed by atoms with Gasteiger partial charge in [0.25, 0.3) is 0 Å². The highest BCUT2D eigenvalue weighted by molar-refractivity contribution is 5.87. The maximum Gasteiger partial charge on any atom is 0.315 e. The van der Waals surface area contributed by atoms with Crippen LogP contribution in [0, 0.1) is 11.3 Å². The predicted octanol–water partition coefficient (Wildman–Crippen LogP) is 3.32. The van der Waals surface area contributed by atoms with Crippen molar-refractivity contribution in [1.82, 2.24) is 15.5 Å². The maximum atomic E-state index is 13.2. The second kappa shape index (κ2) is 12.4. The summed E-state index contributed by atoms with van der Waals surface area (Å²) in [6, 6.07) is 11.8. The van der Waals surface area contributed by atoms with Gasteiger partial charge in [-0.15, -0.1) is 0 Å². The number of hydrogen-bond acceptors (Lipinski definition) is 6. The van der Waals surface area contributed by atoms with E-state index in [1.54, 1.807) is 43.4 Å². The number of carbonyl (C=O) groups excluding carboxylic acids is 2. The van der Waals surface area contributed by atoms with E-state index >= 15 is 0 Å². The topological polar surface area (TPSA) is 141 Å². The summed E-state index contributed by atoms with van der Waals surface area (Å²) in [4.78, 5) is 39.1. The summed E-state index contributed by atoms with van der Waals surface area (Å²) in [6.45, 7) is 2.34. The first-order valence-corrected chi connectivity index (χ1v) is 11.7. The summed E-state index contributed by atoms with van der Waals surface area (Å²) in [5.41, 5.74) is 1.84. The van der Waals surface area contributed by atoms with Gasteiger partial charge in [-0.25, -0.2) is 4.79 Å². The number of carboxylic acids is 1. The Labute approximate surface area is 209 Å². The number of ether oxygens (including phenoxy) is 2. The number of benzene rings is 2. The van der Waals surface area contributed by atoms with Crippen LogP contribution in [0.4, 0.5) is 4.79 Å². The average Bonchev–Trinajstić information content (AvgIpc) is 3.33. The molecule has 190 valence electrons. The average molecular weight is 495 g/mol. The number of carboxylic acid groups (broad SMARTS) is 1. The number of rotatable bonds is 11. The largest absolute Gasteiger partial charge is 0.481 e. The van der Waals surface area contributed by atoms with Gasteiger partial charge in [-0.1, -0.05) is 38.0 Å². The molecule has 0 aliphatic carbocycles. The predicted molar refractivity (Wildman–Crippen MR) is 130 cm³/mol. The van der Waals surface area contributed by atoms with E-state index in [4.69, 9.17) is 14.7 Å². The fourth-order valence-corrected chi connectivity index (χ4v) is 3.94. The Morgan fingerprint density at radius 1 is 1.14 bits per heavy atom. The van der Waals surface area contributed by atoms with Crippen molar-refractivity contribution in [2.75, 3.05) is 13.8 Å².